The Morgan fingerprint density at radius 2 is 2.44 bits per heavy atom. The highest BCUT2D eigenvalue weighted by Gasteiger charge is 2.26. The lowest BCUT2D eigenvalue weighted by Gasteiger charge is -2.16. The van der Waals surface area contributed by atoms with Crippen molar-refractivity contribution in [1.29, 1.82) is 0 Å². The molecular weight excluding hydrogens is 298 g/mol. The average Bonchev–Trinajstić information content (AvgIpc) is 2.81. The van der Waals surface area contributed by atoms with E-state index in [2.05, 4.69) is 26.2 Å². The molecule has 1 aliphatic heterocycles. The van der Waals surface area contributed by atoms with Crippen LogP contribution in [0.15, 0.2) is 16.7 Å². The minimum Gasteiger partial charge on any atom is -0.453 e. The van der Waals surface area contributed by atoms with E-state index in [1.165, 1.54) is 7.11 Å². The van der Waals surface area contributed by atoms with Crippen LogP contribution < -0.4 is 5.32 Å². The zero-order valence-electron chi connectivity index (χ0n) is 10.4. The Bertz CT molecular complexity index is 453. The normalized spacial score (nSPS) is 18.8. The minimum atomic E-state index is -0.265. The molecule has 1 aromatic rings. The molecule has 0 aliphatic carbocycles. The van der Waals surface area contributed by atoms with Crippen LogP contribution in [0, 0.1) is 6.92 Å². The first kappa shape index (κ1) is 13.1. The smallest absolute Gasteiger partial charge is 0.409 e. The maximum atomic E-state index is 11.4. The van der Waals surface area contributed by atoms with Crippen molar-refractivity contribution in [3.8, 4) is 0 Å². The lowest BCUT2D eigenvalue weighted by atomic mass is 10.2. The van der Waals surface area contributed by atoms with Gasteiger partial charge in [0.05, 0.1) is 7.11 Å². The highest BCUT2D eigenvalue weighted by molar-refractivity contribution is 9.10. The molecule has 1 amide bonds. The summed E-state index contributed by atoms with van der Waals surface area (Å²) < 4.78 is 5.70. The van der Waals surface area contributed by atoms with E-state index in [0.29, 0.717) is 6.54 Å². The first-order valence-electron chi connectivity index (χ1n) is 5.81. The Morgan fingerprint density at radius 3 is 3.11 bits per heavy atom. The van der Waals surface area contributed by atoms with Crippen LogP contribution in [0.1, 0.15) is 12.0 Å². The van der Waals surface area contributed by atoms with E-state index in [-0.39, 0.29) is 12.1 Å². The number of carbonyl (C=O) groups excluding carboxylic acids is 1. The summed E-state index contributed by atoms with van der Waals surface area (Å²) in [4.78, 5) is 17.4. The van der Waals surface area contributed by atoms with Crippen molar-refractivity contribution in [1.82, 2.24) is 9.88 Å². The van der Waals surface area contributed by atoms with Gasteiger partial charge in [0.1, 0.15) is 5.82 Å². The molecule has 1 atom stereocenters. The SMILES string of the molecule is COC(=O)N1CCC(Nc2cc(C)c(Br)cn2)C1. The number of amides is 1. The Balaban J connectivity index is 1.95. The lowest BCUT2D eigenvalue weighted by Crippen LogP contribution is -2.31. The number of halogens is 1. The summed E-state index contributed by atoms with van der Waals surface area (Å²) in [6, 6.07) is 2.22. The van der Waals surface area contributed by atoms with Gasteiger partial charge in [-0.3, -0.25) is 0 Å². The number of ether oxygens (including phenoxy) is 1. The van der Waals surface area contributed by atoms with Crippen LogP contribution in [-0.4, -0.2) is 42.2 Å². The largest absolute Gasteiger partial charge is 0.453 e. The summed E-state index contributed by atoms with van der Waals surface area (Å²) >= 11 is 3.42. The average molecular weight is 314 g/mol. The second-order valence-electron chi connectivity index (χ2n) is 4.36. The summed E-state index contributed by atoms with van der Waals surface area (Å²) in [5.41, 5.74) is 1.13. The maximum Gasteiger partial charge on any atom is 0.409 e. The van der Waals surface area contributed by atoms with Gasteiger partial charge in [-0.2, -0.15) is 0 Å². The molecule has 98 valence electrons. The van der Waals surface area contributed by atoms with E-state index < -0.39 is 0 Å². The number of hydrogen-bond donors (Lipinski definition) is 1. The quantitative estimate of drug-likeness (QED) is 0.911. The van der Waals surface area contributed by atoms with Gasteiger partial charge in [0.25, 0.3) is 0 Å². The Labute approximate surface area is 115 Å². The van der Waals surface area contributed by atoms with Crippen LogP contribution in [0.3, 0.4) is 0 Å². The van der Waals surface area contributed by atoms with Crippen molar-refractivity contribution in [3.63, 3.8) is 0 Å². The van der Waals surface area contributed by atoms with Gasteiger partial charge in [0.15, 0.2) is 0 Å². The highest BCUT2D eigenvalue weighted by atomic mass is 79.9. The van der Waals surface area contributed by atoms with Gasteiger partial charge in [-0.05, 0) is 40.9 Å². The molecule has 6 heteroatoms. The van der Waals surface area contributed by atoms with Gasteiger partial charge in [0, 0.05) is 29.8 Å². The molecule has 2 heterocycles. The number of hydrogen-bond acceptors (Lipinski definition) is 4. The van der Waals surface area contributed by atoms with E-state index in [1.54, 1.807) is 11.1 Å². The predicted octanol–water partition coefficient (Wildman–Crippen LogP) is 2.41. The van der Waals surface area contributed by atoms with Crippen molar-refractivity contribution in [3.05, 3.63) is 22.3 Å². The van der Waals surface area contributed by atoms with Crippen molar-refractivity contribution in [2.75, 3.05) is 25.5 Å². The fourth-order valence-electron chi connectivity index (χ4n) is 2.00. The van der Waals surface area contributed by atoms with Crippen LogP contribution in [0.4, 0.5) is 10.6 Å². The Kier molecular flexibility index (Phi) is 4.06. The predicted molar refractivity (Wildman–Crippen MR) is 72.7 cm³/mol. The number of rotatable bonds is 2. The van der Waals surface area contributed by atoms with Crippen molar-refractivity contribution in [2.45, 2.75) is 19.4 Å². The number of nitrogens with zero attached hydrogens (tertiary/aromatic N) is 2. The highest BCUT2D eigenvalue weighted by Crippen LogP contribution is 2.20. The molecule has 1 aromatic heterocycles. The monoisotopic (exact) mass is 313 g/mol. The minimum absolute atomic E-state index is 0.233. The number of pyridine rings is 1. The van der Waals surface area contributed by atoms with E-state index in [1.807, 2.05) is 13.0 Å². The third-order valence-electron chi connectivity index (χ3n) is 3.02. The summed E-state index contributed by atoms with van der Waals surface area (Å²) in [6.45, 7) is 3.40. The van der Waals surface area contributed by atoms with Crippen molar-refractivity contribution < 1.29 is 9.53 Å². The van der Waals surface area contributed by atoms with Crippen LogP contribution in [-0.2, 0) is 4.74 Å². The van der Waals surface area contributed by atoms with E-state index in [0.717, 1.165) is 28.8 Å². The van der Waals surface area contributed by atoms with Crippen LogP contribution in [0.25, 0.3) is 0 Å². The fourth-order valence-corrected chi connectivity index (χ4v) is 2.22. The molecule has 0 saturated carbocycles. The molecule has 0 aromatic carbocycles. The zero-order valence-corrected chi connectivity index (χ0v) is 12.0. The molecule has 0 spiro atoms. The van der Waals surface area contributed by atoms with E-state index in [4.69, 9.17) is 4.74 Å². The number of aryl methyl sites for hydroxylation is 1. The molecule has 5 nitrogen and oxygen atoms in total. The summed E-state index contributed by atoms with van der Waals surface area (Å²) in [6.07, 6.45) is 2.43. The summed E-state index contributed by atoms with van der Waals surface area (Å²) in [5, 5.41) is 3.34. The number of methoxy groups -OCH3 is 1. The van der Waals surface area contributed by atoms with Crippen molar-refractivity contribution in [2.24, 2.45) is 0 Å². The number of carbonyl (C=O) groups is 1. The molecule has 2 rings (SSSR count). The fraction of sp³-hybridized carbons (Fsp3) is 0.500. The first-order valence-corrected chi connectivity index (χ1v) is 6.61. The lowest BCUT2D eigenvalue weighted by molar-refractivity contribution is 0.133. The summed E-state index contributed by atoms with van der Waals surface area (Å²) in [7, 11) is 1.41. The molecule has 1 aliphatic rings. The molecule has 18 heavy (non-hydrogen) atoms. The number of aromatic nitrogens is 1. The maximum absolute atomic E-state index is 11.4. The van der Waals surface area contributed by atoms with Crippen LogP contribution in [0.2, 0.25) is 0 Å². The molecule has 1 fully saturated rings. The molecule has 0 radical (unpaired) electrons. The van der Waals surface area contributed by atoms with E-state index in [9.17, 15) is 4.79 Å². The molecule has 1 saturated heterocycles. The third-order valence-corrected chi connectivity index (χ3v) is 3.85. The van der Waals surface area contributed by atoms with Gasteiger partial charge in [-0.15, -0.1) is 0 Å². The van der Waals surface area contributed by atoms with Crippen LogP contribution in [0.5, 0.6) is 0 Å². The Hall–Kier alpha value is -1.30. The molecular formula is C12H16BrN3O2. The number of nitrogens with one attached hydrogen (secondary N) is 1. The van der Waals surface area contributed by atoms with Gasteiger partial charge in [0.2, 0.25) is 0 Å². The molecule has 1 unspecified atom stereocenters. The van der Waals surface area contributed by atoms with E-state index >= 15 is 0 Å². The zero-order chi connectivity index (χ0) is 13.1. The second-order valence-corrected chi connectivity index (χ2v) is 5.22. The standard InChI is InChI=1S/C12H16BrN3O2/c1-8-5-11(14-6-10(8)13)15-9-3-4-16(7-9)12(17)18-2/h5-6,9H,3-4,7H2,1-2H3,(H,14,15). The Morgan fingerprint density at radius 1 is 1.67 bits per heavy atom. The van der Waals surface area contributed by atoms with Crippen LogP contribution >= 0.6 is 15.9 Å². The third kappa shape index (κ3) is 2.93. The van der Waals surface area contributed by atoms with Gasteiger partial charge in [-0.1, -0.05) is 0 Å². The van der Waals surface area contributed by atoms with Crippen molar-refractivity contribution >= 4 is 27.8 Å². The van der Waals surface area contributed by atoms with Gasteiger partial charge in [-0.25, -0.2) is 9.78 Å². The van der Waals surface area contributed by atoms with Gasteiger partial charge < -0.3 is 15.0 Å². The number of anilines is 1. The topological polar surface area (TPSA) is 54.5 Å². The molecule has 0 bridgehead atoms. The summed E-state index contributed by atoms with van der Waals surface area (Å²) in [5.74, 6) is 0.840. The molecule has 1 N–H and O–H groups in total. The first-order chi connectivity index (χ1) is 8.60. The second kappa shape index (κ2) is 5.56. The van der Waals surface area contributed by atoms with Gasteiger partial charge >= 0.3 is 6.09 Å². The number of likely N-dealkylation sites (tertiary alicyclic amines) is 1.